The molecule has 0 aliphatic carbocycles. The molecule has 2 aromatic carbocycles. The minimum atomic E-state index is -0.418. The molecule has 29 heavy (non-hydrogen) atoms. The van der Waals surface area contributed by atoms with Crippen molar-refractivity contribution in [2.24, 2.45) is 4.99 Å². The minimum Gasteiger partial charge on any atom is -0.493 e. The fourth-order valence-corrected chi connectivity index (χ4v) is 4.18. The zero-order valence-electron chi connectivity index (χ0n) is 16.1. The summed E-state index contributed by atoms with van der Waals surface area (Å²) in [6.45, 7) is 1.93. The highest BCUT2D eigenvalue weighted by Gasteiger charge is 2.16. The van der Waals surface area contributed by atoms with Crippen LogP contribution in [0.25, 0.3) is 10.2 Å². The van der Waals surface area contributed by atoms with E-state index in [2.05, 4.69) is 20.9 Å². The van der Waals surface area contributed by atoms with E-state index in [1.807, 2.05) is 6.07 Å². The molecule has 3 aromatic rings. The van der Waals surface area contributed by atoms with Crippen LogP contribution in [0.1, 0.15) is 17.3 Å². The monoisotopic (exact) mass is 478 g/mol. The lowest BCUT2D eigenvalue weighted by Gasteiger charge is -2.09. The highest BCUT2D eigenvalue weighted by Crippen LogP contribution is 2.33. The van der Waals surface area contributed by atoms with E-state index in [0.29, 0.717) is 27.4 Å². The second-order valence-corrected chi connectivity index (χ2v) is 7.80. The molecule has 0 saturated heterocycles. The maximum atomic E-state index is 12.7. The molecule has 0 unspecified atom stereocenters. The molecule has 1 heterocycles. The van der Waals surface area contributed by atoms with Crippen molar-refractivity contribution in [3.05, 3.63) is 51.2 Å². The molecular formula is C20H19BrN2O5S. The van der Waals surface area contributed by atoms with Gasteiger partial charge in [-0.1, -0.05) is 33.3 Å². The van der Waals surface area contributed by atoms with Gasteiger partial charge in [-0.25, -0.2) is 0 Å². The Hall–Kier alpha value is -2.65. The molecule has 1 aromatic heterocycles. The van der Waals surface area contributed by atoms with Crippen molar-refractivity contribution in [1.29, 1.82) is 0 Å². The summed E-state index contributed by atoms with van der Waals surface area (Å²) in [7, 11) is 3.08. The molecule has 0 saturated carbocycles. The summed E-state index contributed by atoms with van der Waals surface area (Å²) in [5, 5.41) is 0. The molecule has 0 aliphatic heterocycles. The molecule has 9 heteroatoms. The number of carbonyl (C=O) groups excluding carboxylic acids is 2. The summed E-state index contributed by atoms with van der Waals surface area (Å²) in [5.41, 5.74) is 1.14. The Morgan fingerprint density at radius 3 is 2.52 bits per heavy atom. The van der Waals surface area contributed by atoms with E-state index in [0.717, 1.165) is 9.17 Å². The number of ether oxygens (including phenoxy) is 3. The molecule has 0 fully saturated rings. The van der Waals surface area contributed by atoms with Crippen LogP contribution < -0.4 is 14.3 Å². The summed E-state index contributed by atoms with van der Waals surface area (Å²) in [6.07, 6.45) is 0. The third kappa shape index (κ3) is 4.68. The number of halogens is 1. The molecule has 0 bridgehead atoms. The van der Waals surface area contributed by atoms with E-state index in [4.69, 9.17) is 14.2 Å². The van der Waals surface area contributed by atoms with Crippen LogP contribution in [0.5, 0.6) is 11.5 Å². The zero-order chi connectivity index (χ0) is 21.0. The second-order valence-electron chi connectivity index (χ2n) is 5.88. The van der Waals surface area contributed by atoms with Gasteiger partial charge in [0.2, 0.25) is 0 Å². The molecule has 152 valence electrons. The number of thiazole rings is 1. The molecule has 0 aliphatic rings. The molecule has 0 atom stereocenters. The summed E-state index contributed by atoms with van der Waals surface area (Å²) >= 11 is 4.64. The van der Waals surface area contributed by atoms with Gasteiger partial charge in [0.1, 0.15) is 6.54 Å². The smallest absolute Gasteiger partial charge is 0.326 e. The highest BCUT2D eigenvalue weighted by molar-refractivity contribution is 9.10. The first-order valence-electron chi connectivity index (χ1n) is 8.72. The number of hydrogen-bond donors (Lipinski definition) is 0. The molecule has 0 N–H and O–H groups in total. The van der Waals surface area contributed by atoms with Gasteiger partial charge in [0, 0.05) is 22.2 Å². The van der Waals surface area contributed by atoms with Gasteiger partial charge >= 0.3 is 5.97 Å². The van der Waals surface area contributed by atoms with E-state index in [9.17, 15) is 9.59 Å². The Kier molecular flexibility index (Phi) is 6.71. The molecular weight excluding hydrogens is 460 g/mol. The van der Waals surface area contributed by atoms with Crippen molar-refractivity contribution in [1.82, 2.24) is 4.57 Å². The normalized spacial score (nSPS) is 11.5. The number of aromatic nitrogens is 1. The van der Waals surface area contributed by atoms with Gasteiger partial charge in [0.05, 0.1) is 31.0 Å². The average Bonchev–Trinajstić information content (AvgIpc) is 3.02. The maximum Gasteiger partial charge on any atom is 0.326 e. The van der Waals surface area contributed by atoms with Gasteiger partial charge in [-0.3, -0.25) is 9.59 Å². The first-order valence-corrected chi connectivity index (χ1v) is 10.3. The van der Waals surface area contributed by atoms with Crippen LogP contribution in [0, 0.1) is 0 Å². The second kappa shape index (κ2) is 9.23. The van der Waals surface area contributed by atoms with Gasteiger partial charge in [-0.2, -0.15) is 4.99 Å². The number of rotatable bonds is 6. The Morgan fingerprint density at radius 1 is 1.14 bits per heavy atom. The van der Waals surface area contributed by atoms with Crippen LogP contribution in [0.3, 0.4) is 0 Å². The summed E-state index contributed by atoms with van der Waals surface area (Å²) in [5.74, 6) is 0.238. The molecule has 3 rings (SSSR count). The van der Waals surface area contributed by atoms with Gasteiger partial charge in [0.25, 0.3) is 5.91 Å². The van der Waals surface area contributed by atoms with Gasteiger partial charge < -0.3 is 18.8 Å². The van der Waals surface area contributed by atoms with E-state index in [-0.39, 0.29) is 13.2 Å². The van der Waals surface area contributed by atoms with Gasteiger partial charge in [0.15, 0.2) is 16.3 Å². The van der Waals surface area contributed by atoms with Gasteiger partial charge in [-0.15, -0.1) is 0 Å². The van der Waals surface area contributed by atoms with Crippen LogP contribution in [-0.2, 0) is 16.1 Å². The van der Waals surface area contributed by atoms with Crippen molar-refractivity contribution < 1.29 is 23.8 Å². The number of methoxy groups -OCH3 is 2. The summed E-state index contributed by atoms with van der Waals surface area (Å²) in [6, 6.07) is 10.5. The van der Waals surface area contributed by atoms with Crippen LogP contribution in [0.4, 0.5) is 0 Å². The zero-order valence-corrected chi connectivity index (χ0v) is 18.5. The van der Waals surface area contributed by atoms with Crippen LogP contribution >= 0.6 is 27.3 Å². The van der Waals surface area contributed by atoms with E-state index < -0.39 is 11.9 Å². The van der Waals surface area contributed by atoms with E-state index in [1.165, 1.54) is 18.4 Å². The Balaban J connectivity index is 2.18. The molecule has 7 nitrogen and oxygen atoms in total. The van der Waals surface area contributed by atoms with Crippen LogP contribution in [0.2, 0.25) is 0 Å². The number of hydrogen-bond acceptors (Lipinski definition) is 6. The van der Waals surface area contributed by atoms with E-state index in [1.54, 1.807) is 48.9 Å². The third-order valence-electron chi connectivity index (χ3n) is 4.05. The molecule has 1 amide bonds. The van der Waals surface area contributed by atoms with Crippen molar-refractivity contribution >= 4 is 49.4 Å². The predicted molar refractivity (Wildman–Crippen MR) is 114 cm³/mol. The lowest BCUT2D eigenvalue weighted by atomic mass is 10.2. The predicted octanol–water partition coefficient (Wildman–Crippen LogP) is 3.79. The number of carbonyl (C=O) groups is 2. The fourth-order valence-electron chi connectivity index (χ4n) is 2.74. The lowest BCUT2D eigenvalue weighted by Crippen LogP contribution is -2.23. The number of nitrogens with zero attached hydrogens (tertiary/aromatic N) is 2. The molecule has 0 radical (unpaired) electrons. The summed E-state index contributed by atoms with van der Waals surface area (Å²) in [4.78, 5) is 29.5. The Bertz CT molecular complexity index is 1140. The van der Waals surface area contributed by atoms with Gasteiger partial charge in [-0.05, 0) is 25.1 Å². The summed E-state index contributed by atoms with van der Waals surface area (Å²) < 4.78 is 19.0. The third-order valence-corrected chi connectivity index (χ3v) is 5.58. The fraction of sp³-hybridized carbons (Fsp3) is 0.250. The van der Waals surface area contributed by atoms with Crippen LogP contribution in [0.15, 0.2) is 45.9 Å². The van der Waals surface area contributed by atoms with Crippen molar-refractivity contribution in [2.45, 2.75) is 13.5 Å². The first-order chi connectivity index (χ1) is 14.0. The number of benzene rings is 2. The lowest BCUT2D eigenvalue weighted by molar-refractivity contribution is -0.143. The topological polar surface area (TPSA) is 79.1 Å². The largest absolute Gasteiger partial charge is 0.493 e. The molecule has 0 spiro atoms. The average molecular weight is 479 g/mol. The quantitative estimate of drug-likeness (QED) is 0.503. The number of esters is 1. The number of fused-ring (bicyclic) bond motifs is 1. The van der Waals surface area contributed by atoms with Crippen molar-refractivity contribution in [3.63, 3.8) is 0 Å². The van der Waals surface area contributed by atoms with E-state index >= 15 is 0 Å². The number of amides is 1. The van der Waals surface area contributed by atoms with Crippen molar-refractivity contribution in [2.75, 3.05) is 20.8 Å². The Labute approximate surface area is 179 Å². The standard InChI is InChI=1S/C20H19BrN2O5S/c1-4-28-18(24)11-23-14-9-15(26-2)16(27-3)10-17(14)29-20(23)22-19(25)12-6-5-7-13(21)8-12/h5-10H,4,11H2,1-3H3. The van der Waals surface area contributed by atoms with Crippen molar-refractivity contribution in [3.8, 4) is 11.5 Å². The minimum absolute atomic E-state index is 0.0755. The maximum absolute atomic E-state index is 12.7. The van der Waals surface area contributed by atoms with Crippen LogP contribution in [-0.4, -0.2) is 37.3 Å². The Morgan fingerprint density at radius 2 is 1.86 bits per heavy atom. The first kappa shape index (κ1) is 21.1. The SMILES string of the molecule is CCOC(=O)Cn1c(=NC(=O)c2cccc(Br)c2)sc2cc(OC)c(OC)cc21. The highest BCUT2D eigenvalue weighted by atomic mass is 79.9.